The fraction of sp³-hybridized carbons (Fsp3) is 0.353. The van der Waals surface area contributed by atoms with Gasteiger partial charge in [-0.15, -0.1) is 0 Å². The number of nitrogens with one attached hydrogen (secondary N) is 1. The van der Waals surface area contributed by atoms with Gasteiger partial charge in [-0.05, 0) is 25.1 Å². The van der Waals surface area contributed by atoms with Crippen molar-refractivity contribution in [3.05, 3.63) is 47.3 Å². The maximum Gasteiger partial charge on any atom is 0.241 e. The maximum atomic E-state index is 12.5. The van der Waals surface area contributed by atoms with Crippen molar-refractivity contribution in [2.24, 2.45) is 0 Å². The van der Waals surface area contributed by atoms with Gasteiger partial charge >= 0.3 is 0 Å². The third kappa shape index (κ3) is 4.10. The minimum atomic E-state index is -0.173. The molecule has 7 heteroatoms. The average molecular weight is 390 g/mol. The molecule has 0 saturated carbocycles. The van der Waals surface area contributed by atoms with Crippen molar-refractivity contribution in [2.75, 3.05) is 36.4 Å². The Kier molecular flexibility index (Phi) is 5.42. The molecule has 1 amide bonds. The molecule has 24 heavy (non-hydrogen) atoms. The number of halogens is 1. The van der Waals surface area contributed by atoms with Crippen LogP contribution in [0.2, 0.25) is 0 Å². The van der Waals surface area contributed by atoms with Crippen LogP contribution in [-0.4, -0.2) is 53.0 Å². The number of nitrogens with zero attached hydrogens (tertiary/aromatic N) is 4. The summed E-state index contributed by atoms with van der Waals surface area (Å²) in [4.78, 5) is 25.3. The standard InChI is InChI=1S/C17H20BrN5O/c1-13(17(24)21-15-4-2-3-14(18)11-15)22-7-9-23(10-8-22)16-12-19-5-6-20-16/h2-6,11-13H,7-10H2,1H3,(H,21,24). The van der Waals surface area contributed by atoms with Crippen LogP contribution in [0.15, 0.2) is 47.3 Å². The van der Waals surface area contributed by atoms with E-state index in [0.717, 1.165) is 42.2 Å². The van der Waals surface area contributed by atoms with E-state index >= 15 is 0 Å². The lowest BCUT2D eigenvalue weighted by Gasteiger charge is -2.37. The molecular weight excluding hydrogens is 370 g/mol. The Morgan fingerprint density at radius 2 is 2.04 bits per heavy atom. The van der Waals surface area contributed by atoms with Gasteiger partial charge in [0.1, 0.15) is 5.82 Å². The zero-order valence-corrected chi connectivity index (χ0v) is 15.1. The van der Waals surface area contributed by atoms with Crippen LogP contribution in [0.4, 0.5) is 11.5 Å². The summed E-state index contributed by atoms with van der Waals surface area (Å²) in [5.41, 5.74) is 0.805. The number of hydrogen-bond acceptors (Lipinski definition) is 5. The van der Waals surface area contributed by atoms with E-state index in [9.17, 15) is 4.79 Å². The Morgan fingerprint density at radius 3 is 2.71 bits per heavy atom. The second-order valence-electron chi connectivity index (χ2n) is 5.76. The first-order valence-electron chi connectivity index (χ1n) is 7.95. The number of amides is 1. The Bertz CT molecular complexity index is 688. The van der Waals surface area contributed by atoms with E-state index in [1.54, 1.807) is 18.6 Å². The van der Waals surface area contributed by atoms with Crippen molar-refractivity contribution >= 4 is 33.3 Å². The molecule has 0 bridgehead atoms. The van der Waals surface area contributed by atoms with E-state index < -0.39 is 0 Å². The molecule has 126 valence electrons. The highest BCUT2D eigenvalue weighted by molar-refractivity contribution is 9.10. The molecule has 1 atom stereocenters. The third-order valence-electron chi connectivity index (χ3n) is 4.21. The molecule has 1 saturated heterocycles. The lowest BCUT2D eigenvalue weighted by molar-refractivity contribution is -0.120. The van der Waals surface area contributed by atoms with Crippen LogP contribution < -0.4 is 10.2 Å². The smallest absolute Gasteiger partial charge is 0.241 e. The van der Waals surface area contributed by atoms with Crippen molar-refractivity contribution in [1.82, 2.24) is 14.9 Å². The summed E-state index contributed by atoms with van der Waals surface area (Å²) in [6.45, 7) is 5.28. The molecule has 0 spiro atoms. The van der Waals surface area contributed by atoms with Gasteiger partial charge in [0.2, 0.25) is 5.91 Å². The van der Waals surface area contributed by atoms with Gasteiger partial charge in [-0.1, -0.05) is 22.0 Å². The minimum Gasteiger partial charge on any atom is -0.353 e. The first kappa shape index (κ1) is 16.9. The van der Waals surface area contributed by atoms with Gasteiger partial charge in [-0.3, -0.25) is 14.7 Å². The number of piperazine rings is 1. The molecule has 1 fully saturated rings. The number of aromatic nitrogens is 2. The summed E-state index contributed by atoms with van der Waals surface area (Å²) < 4.78 is 0.950. The van der Waals surface area contributed by atoms with Crippen LogP contribution in [0.3, 0.4) is 0 Å². The first-order chi connectivity index (χ1) is 11.6. The number of carbonyl (C=O) groups excluding carboxylic acids is 1. The highest BCUT2D eigenvalue weighted by Gasteiger charge is 2.26. The van der Waals surface area contributed by atoms with E-state index in [1.165, 1.54) is 0 Å². The molecule has 1 aromatic heterocycles. The molecule has 1 N–H and O–H groups in total. The number of hydrogen-bond donors (Lipinski definition) is 1. The highest BCUT2D eigenvalue weighted by Crippen LogP contribution is 2.17. The summed E-state index contributed by atoms with van der Waals surface area (Å²) in [7, 11) is 0. The predicted octanol–water partition coefficient (Wildman–Crippen LogP) is 2.39. The summed E-state index contributed by atoms with van der Waals surface area (Å²) in [6.07, 6.45) is 5.16. The molecule has 2 heterocycles. The fourth-order valence-electron chi connectivity index (χ4n) is 2.77. The second-order valence-corrected chi connectivity index (χ2v) is 6.68. The largest absolute Gasteiger partial charge is 0.353 e. The Balaban J connectivity index is 1.55. The normalized spacial score (nSPS) is 16.7. The maximum absolute atomic E-state index is 12.5. The van der Waals surface area contributed by atoms with E-state index in [4.69, 9.17) is 0 Å². The molecule has 1 aliphatic rings. The number of rotatable bonds is 4. The van der Waals surface area contributed by atoms with E-state index in [-0.39, 0.29) is 11.9 Å². The molecule has 1 aliphatic heterocycles. The Morgan fingerprint density at radius 1 is 1.25 bits per heavy atom. The quantitative estimate of drug-likeness (QED) is 0.869. The number of carbonyl (C=O) groups is 1. The third-order valence-corrected chi connectivity index (χ3v) is 4.70. The van der Waals surface area contributed by atoms with Crippen LogP contribution in [0.5, 0.6) is 0 Å². The average Bonchev–Trinajstić information content (AvgIpc) is 2.62. The summed E-state index contributed by atoms with van der Waals surface area (Å²) in [6, 6.07) is 7.46. The molecule has 1 unspecified atom stereocenters. The molecule has 0 radical (unpaired) electrons. The van der Waals surface area contributed by atoms with Gasteiger partial charge in [0.25, 0.3) is 0 Å². The molecule has 1 aromatic carbocycles. The van der Waals surface area contributed by atoms with Gasteiger partial charge < -0.3 is 10.2 Å². The van der Waals surface area contributed by atoms with Crippen LogP contribution in [0, 0.1) is 0 Å². The molecule has 6 nitrogen and oxygen atoms in total. The Labute approximate surface area is 150 Å². The van der Waals surface area contributed by atoms with E-state index in [0.29, 0.717) is 0 Å². The number of anilines is 2. The SMILES string of the molecule is CC(C(=O)Nc1cccc(Br)c1)N1CCN(c2cnccn2)CC1. The van der Waals surface area contributed by atoms with Crippen molar-refractivity contribution in [3.8, 4) is 0 Å². The van der Waals surface area contributed by atoms with Crippen LogP contribution >= 0.6 is 15.9 Å². The zero-order chi connectivity index (χ0) is 16.9. The van der Waals surface area contributed by atoms with Crippen LogP contribution in [0.25, 0.3) is 0 Å². The van der Waals surface area contributed by atoms with Crippen LogP contribution in [0.1, 0.15) is 6.92 Å². The predicted molar refractivity (Wildman–Crippen MR) is 98.1 cm³/mol. The van der Waals surface area contributed by atoms with Crippen LogP contribution in [-0.2, 0) is 4.79 Å². The Hall–Kier alpha value is -1.99. The van der Waals surface area contributed by atoms with Gasteiger partial charge in [0.05, 0.1) is 12.2 Å². The molecule has 3 rings (SSSR count). The van der Waals surface area contributed by atoms with Gasteiger partial charge in [-0.25, -0.2) is 4.98 Å². The molecule has 2 aromatic rings. The zero-order valence-electron chi connectivity index (χ0n) is 13.5. The molecular formula is C17H20BrN5O. The van der Waals surface area contributed by atoms with Gasteiger partial charge in [0.15, 0.2) is 0 Å². The van der Waals surface area contributed by atoms with E-state index in [1.807, 2.05) is 31.2 Å². The summed E-state index contributed by atoms with van der Waals surface area (Å²) in [5.74, 6) is 0.907. The topological polar surface area (TPSA) is 61.4 Å². The fourth-order valence-corrected chi connectivity index (χ4v) is 3.17. The lowest BCUT2D eigenvalue weighted by atomic mass is 10.2. The van der Waals surface area contributed by atoms with Crippen molar-refractivity contribution in [3.63, 3.8) is 0 Å². The van der Waals surface area contributed by atoms with Crippen molar-refractivity contribution < 1.29 is 4.79 Å². The minimum absolute atomic E-state index is 0.0149. The lowest BCUT2D eigenvalue weighted by Crippen LogP contribution is -2.53. The van der Waals surface area contributed by atoms with Gasteiger partial charge in [-0.2, -0.15) is 0 Å². The second kappa shape index (κ2) is 7.72. The number of benzene rings is 1. The van der Waals surface area contributed by atoms with Crippen molar-refractivity contribution in [1.29, 1.82) is 0 Å². The van der Waals surface area contributed by atoms with E-state index in [2.05, 4.69) is 41.0 Å². The monoisotopic (exact) mass is 389 g/mol. The van der Waals surface area contributed by atoms with Gasteiger partial charge in [0, 0.05) is 48.7 Å². The first-order valence-corrected chi connectivity index (χ1v) is 8.74. The highest BCUT2D eigenvalue weighted by atomic mass is 79.9. The van der Waals surface area contributed by atoms with Crippen molar-refractivity contribution in [2.45, 2.75) is 13.0 Å². The summed E-state index contributed by atoms with van der Waals surface area (Å²) in [5, 5.41) is 2.98. The molecule has 0 aliphatic carbocycles. The summed E-state index contributed by atoms with van der Waals surface area (Å²) >= 11 is 3.42.